The number of benzene rings is 1. The summed E-state index contributed by atoms with van der Waals surface area (Å²) in [6, 6.07) is 12.1. The van der Waals surface area contributed by atoms with Crippen LogP contribution in [0, 0.1) is 17.2 Å². The van der Waals surface area contributed by atoms with E-state index >= 15 is 0 Å². The van der Waals surface area contributed by atoms with Crippen LogP contribution in [0.1, 0.15) is 25.3 Å². The van der Waals surface area contributed by atoms with Crippen molar-refractivity contribution < 1.29 is 9.90 Å². The average molecular weight is 301 g/mol. The molecule has 2 rings (SSSR count). The summed E-state index contributed by atoms with van der Waals surface area (Å²) in [6.07, 6.45) is 1.99. The maximum absolute atomic E-state index is 12.2. The van der Waals surface area contributed by atoms with Crippen LogP contribution in [0.15, 0.2) is 30.3 Å². The minimum atomic E-state index is -0.769. The molecule has 5 nitrogen and oxygen atoms in total. The number of carbonyl (C=O) groups excluding carboxylic acids is 1. The first kappa shape index (κ1) is 16.5. The van der Waals surface area contributed by atoms with Crippen LogP contribution in [0.5, 0.6) is 0 Å². The Morgan fingerprint density at radius 1 is 1.45 bits per heavy atom. The van der Waals surface area contributed by atoms with Crippen LogP contribution >= 0.6 is 0 Å². The highest BCUT2D eigenvalue weighted by Crippen LogP contribution is 2.39. The van der Waals surface area contributed by atoms with Crippen molar-refractivity contribution in [2.45, 2.75) is 31.8 Å². The molecule has 0 aliphatic heterocycles. The van der Waals surface area contributed by atoms with Crippen molar-refractivity contribution in [2.75, 3.05) is 19.7 Å². The Morgan fingerprint density at radius 2 is 2.14 bits per heavy atom. The number of rotatable bonds is 8. The van der Waals surface area contributed by atoms with Gasteiger partial charge in [0, 0.05) is 13.1 Å². The molecule has 22 heavy (non-hydrogen) atoms. The smallest absolute Gasteiger partial charge is 0.235 e. The summed E-state index contributed by atoms with van der Waals surface area (Å²) in [5.74, 6) is 0.0993. The lowest BCUT2D eigenvalue weighted by atomic mass is 9.98. The molecule has 1 aromatic rings. The summed E-state index contributed by atoms with van der Waals surface area (Å²) >= 11 is 0. The zero-order valence-electron chi connectivity index (χ0n) is 13.0. The van der Waals surface area contributed by atoms with Crippen molar-refractivity contribution in [3.05, 3.63) is 35.9 Å². The first-order valence-electron chi connectivity index (χ1n) is 7.67. The second-order valence-electron chi connectivity index (χ2n) is 6.06. The fourth-order valence-corrected chi connectivity index (χ4v) is 2.61. The zero-order chi connectivity index (χ0) is 16.0. The van der Waals surface area contributed by atoms with Gasteiger partial charge in [0.1, 0.15) is 5.54 Å². The number of hydrogen-bond donors (Lipinski definition) is 2. The first-order valence-corrected chi connectivity index (χ1v) is 7.67. The van der Waals surface area contributed by atoms with Crippen LogP contribution in [-0.2, 0) is 11.3 Å². The normalized spacial score (nSPS) is 16.8. The van der Waals surface area contributed by atoms with Gasteiger partial charge in [-0.05, 0) is 31.2 Å². The maximum atomic E-state index is 12.2. The molecule has 0 bridgehead atoms. The third kappa shape index (κ3) is 4.55. The second kappa shape index (κ2) is 7.39. The number of carbonyl (C=O) groups is 1. The third-order valence-electron chi connectivity index (χ3n) is 4.06. The predicted octanol–water partition coefficient (Wildman–Crippen LogP) is 1.29. The molecule has 0 aromatic heterocycles. The second-order valence-corrected chi connectivity index (χ2v) is 6.06. The third-order valence-corrected chi connectivity index (χ3v) is 4.06. The van der Waals surface area contributed by atoms with Gasteiger partial charge in [-0.1, -0.05) is 30.3 Å². The number of amides is 1. The van der Waals surface area contributed by atoms with Crippen LogP contribution in [0.2, 0.25) is 0 Å². The highest BCUT2D eigenvalue weighted by Gasteiger charge is 2.43. The van der Waals surface area contributed by atoms with E-state index in [2.05, 4.69) is 11.4 Å². The van der Waals surface area contributed by atoms with E-state index in [1.807, 2.05) is 35.2 Å². The molecule has 0 radical (unpaired) electrons. The van der Waals surface area contributed by atoms with Gasteiger partial charge in [-0.25, -0.2) is 0 Å². The molecule has 2 N–H and O–H groups in total. The number of nitriles is 1. The molecule has 1 aliphatic rings. The quantitative estimate of drug-likeness (QED) is 0.758. The monoisotopic (exact) mass is 301 g/mol. The fraction of sp³-hybridized carbons (Fsp3) is 0.529. The molecule has 1 aromatic carbocycles. The van der Waals surface area contributed by atoms with E-state index in [1.54, 1.807) is 6.92 Å². The van der Waals surface area contributed by atoms with Gasteiger partial charge >= 0.3 is 0 Å². The molecular formula is C17H23N3O2. The molecule has 1 fully saturated rings. The van der Waals surface area contributed by atoms with Crippen molar-refractivity contribution in [1.82, 2.24) is 10.2 Å². The van der Waals surface area contributed by atoms with Crippen LogP contribution in [0.25, 0.3) is 0 Å². The van der Waals surface area contributed by atoms with Gasteiger partial charge < -0.3 is 10.4 Å². The Balaban J connectivity index is 1.92. The molecule has 1 saturated carbocycles. The van der Waals surface area contributed by atoms with E-state index in [0.29, 0.717) is 13.1 Å². The topological polar surface area (TPSA) is 76.4 Å². The Morgan fingerprint density at radius 3 is 2.68 bits per heavy atom. The maximum Gasteiger partial charge on any atom is 0.235 e. The molecule has 0 saturated heterocycles. The average Bonchev–Trinajstić information content (AvgIpc) is 3.33. The number of aliphatic hydroxyl groups excluding tert-OH is 1. The van der Waals surface area contributed by atoms with Crippen LogP contribution in [-0.4, -0.2) is 41.1 Å². The standard InChI is InChI=1S/C17H23N3O2/c1-17(13-18,15-7-8-15)19-16(22)12-20(9-10-21)11-14-5-3-2-4-6-14/h2-6,15,21H,7-12H2,1H3,(H,19,22). The molecule has 0 spiro atoms. The lowest BCUT2D eigenvalue weighted by molar-refractivity contribution is -0.123. The molecule has 1 aliphatic carbocycles. The largest absolute Gasteiger partial charge is 0.395 e. The number of nitrogens with one attached hydrogen (secondary N) is 1. The Hall–Kier alpha value is -1.90. The molecule has 1 atom stereocenters. The predicted molar refractivity (Wildman–Crippen MR) is 83.7 cm³/mol. The Kier molecular flexibility index (Phi) is 5.53. The number of aliphatic hydroxyl groups is 1. The van der Waals surface area contributed by atoms with Gasteiger partial charge in [-0.2, -0.15) is 5.26 Å². The van der Waals surface area contributed by atoms with E-state index in [0.717, 1.165) is 18.4 Å². The molecule has 0 heterocycles. The van der Waals surface area contributed by atoms with E-state index in [9.17, 15) is 15.2 Å². The van der Waals surface area contributed by atoms with E-state index in [-0.39, 0.29) is 25.0 Å². The van der Waals surface area contributed by atoms with Crippen molar-refractivity contribution >= 4 is 5.91 Å². The van der Waals surface area contributed by atoms with Gasteiger partial charge in [0.25, 0.3) is 0 Å². The summed E-state index contributed by atoms with van der Waals surface area (Å²) in [6.45, 7) is 2.99. The molecule has 1 unspecified atom stereocenters. The van der Waals surface area contributed by atoms with Crippen molar-refractivity contribution in [3.8, 4) is 6.07 Å². The molecule has 118 valence electrons. The van der Waals surface area contributed by atoms with Crippen molar-refractivity contribution in [2.24, 2.45) is 5.92 Å². The minimum Gasteiger partial charge on any atom is -0.395 e. The lowest BCUT2D eigenvalue weighted by Gasteiger charge is -2.26. The SMILES string of the molecule is CC(C#N)(NC(=O)CN(CCO)Cc1ccccc1)C1CC1. The number of hydrogen-bond acceptors (Lipinski definition) is 4. The zero-order valence-corrected chi connectivity index (χ0v) is 13.0. The summed E-state index contributed by atoms with van der Waals surface area (Å²) in [7, 11) is 0. The Bertz CT molecular complexity index is 537. The van der Waals surface area contributed by atoms with Gasteiger partial charge in [0.2, 0.25) is 5.91 Å². The summed E-state index contributed by atoms with van der Waals surface area (Å²) < 4.78 is 0. The summed E-state index contributed by atoms with van der Waals surface area (Å²) in [5, 5.41) is 21.3. The minimum absolute atomic E-state index is 0.00173. The lowest BCUT2D eigenvalue weighted by Crippen LogP contribution is -2.50. The molecule has 5 heteroatoms. The van der Waals surface area contributed by atoms with Crippen LogP contribution < -0.4 is 5.32 Å². The summed E-state index contributed by atoms with van der Waals surface area (Å²) in [5.41, 5.74) is 0.323. The van der Waals surface area contributed by atoms with Gasteiger partial charge in [-0.15, -0.1) is 0 Å². The van der Waals surface area contributed by atoms with E-state index < -0.39 is 5.54 Å². The highest BCUT2D eigenvalue weighted by molar-refractivity contribution is 5.79. The van der Waals surface area contributed by atoms with Crippen LogP contribution in [0.4, 0.5) is 0 Å². The van der Waals surface area contributed by atoms with Gasteiger partial charge in [-0.3, -0.25) is 9.69 Å². The number of nitrogens with zero attached hydrogens (tertiary/aromatic N) is 2. The van der Waals surface area contributed by atoms with Gasteiger partial charge in [0.15, 0.2) is 0 Å². The fourth-order valence-electron chi connectivity index (χ4n) is 2.61. The Labute approximate surface area is 131 Å². The van der Waals surface area contributed by atoms with Gasteiger partial charge in [0.05, 0.1) is 19.2 Å². The highest BCUT2D eigenvalue weighted by atomic mass is 16.3. The van der Waals surface area contributed by atoms with E-state index in [1.165, 1.54) is 0 Å². The molecular weight excluding hydrogens is 278 g/mol. The summed E-state index contributed by atoms with van der Waals surface area (Å²) in [4.78, 5) is 14.1. The van der Waals surface area contributed by atoms with E-state index in [4.69, 9.17) is 0 Å². The first-order chi connectivity index (χ1) is 10.6. The van der Waals surface area contributed by atoms with Crippen LogP contribution in [0.3, 0.4) is 0 Å². The van der Waals surface area contributed by atoms with Crippen molar-refractivity contribution in [3.63, 3.8) is 0 Å². The van der Waals surface area contributed by atoms with Crippen molar-refractivity contribution in [1.29, 1.82) is 5.26 Å². The molecule has 1 amide bonds.